The van der Waals surface area contributed by atoms with Crippen molar-refractivity contribution >= 4 is 23.4 Å². The van der Waals surface area contributed by atoms with Crippen LogP contribution in [0, 0.1) is 21.8 Å². The van der Waals surface area contributed by atoms with Crippen LogP contribution in [0.3, 0.4) is 0 Å². The lowest BCUT2D eigenvalue weighted by atomic mass is 10.2. The van der Waals surface area contributed by atoms with E-state index < -0.39 is 28.3 Å². The third kappa shape index (κ3) is 3.69. The molecule has 1 rings (SSSR count). The van der Waals surface area contributed by atoms with Gasteiger partial charge in [-0.3, -0.25) is 14.9 Å². The van der Waals surface area contributed by atoms with Gasteiger partial charge < -0.3 is 5.11 Å². The average Bonchev–Trinajstić information content (AvgIpc) is 2.30. The first-order valence-corrected chi connectivity index (χ1v) is 6.31. The number of carboxylic acids is 1. The summed E-state index contributed by atoms with van der Waals surface area (Å²) in [6.45, 7) is 1.55. The van der Waals surface area contributed by atoms with E-state index in [1.807, 2.05) is 0 Å². The van der Waals surface area contributed by atoms with Crippen molar-refractivity contribution in [3.8, 4) is 0 Å². The number of hydrogen-bond acceptors (Lipinski definition) is 4. The molecular formula is C11H12FNO4S. The van der Waals surface area contributed by atoms with Crippen LogP contribution in [0.1, 0.15) is 12.5 Å². The molecule has 7 heteroatoms. The number of nitro benzene ring substituents is 1. The van der Waals surface area contributed by atoms with Gasteiger partial charge in [0, 0.05) is 23.1 Å². The minimum atomic E-state index is -0.915. The van der Waals surface area contributed by atoms with E-state index in [1.165, 1.54) is 23.9 Å². The van der Waals surface area contributed by atoms with Crippen LogP contribution < -0.4 is 0 Å². The fraction of sp³-hybridized carbons (Fsp3) is 0.364. The van der Waals surface area contributed by atoms with Gasteiger partial charge in [-0.05, 0) is 0 Å². The normalized spacial score (nSPS) is 12.1. The van der Waals surface area contributed by atoms with Gasteiger partial charge in [-0.1, -0.05) is 19.1 Å². The lowest BCUT2D eigenvalue weighted by Crippen LogP contribution is -2.12. The average molecular weight is 273 g/mol. The summed E-state index contributed by atoms with van der Waals surface area (Å²) in [4.78, 5) is 20.3. The van der Waals surface area contributed by atoms with E-state index in [1.54, 1.807) is 6.92 Å². The molecule has 1 unspecified atom stereocenters. The standard InChI is InChI=1S/C11H12FNO4S/c1-7(11(14)15)5-18-6-8-3-2-4-9(10(8)12)13(16)17/h2-4,7H,5-6H2,1H3,(H,14,15). The van der Waals surface area contributed by atoms with Crippen LogP contribution in [0.15, 0.2) is 18.2 Å². The first-order valence-electron chi connectivity index (χ1n) is 5.15. The van der Waals surface area contributed by atoms with E-state index in [2.05, 4.69) is 0 Å². The Morgan fingerprint density at radius 1 is 1.61 bits per heavy atom. The molecule has 1 N–H and O–H groups in total. The largest absolute Gasteiger partial charge is 0.481 e. The molecule has 5 nitrogen and oxygen atoms in total. The highest BCUT2D eigenvalue weighted by molar-refractivity contribution is 7.98. The van der Waals surface area contributed by atoms with Crippen LogP contribution in [-0.2, 0) is 10.5 Å². The fourth-order valence-corrected chi connectivity index (χ4v) is 2.29. The smallest absolute Gasteiger partial charge is 0.307 e. The second-order valence-electron chi connectivity index (χ2n) is 3.76. The number of benzene rings is 1. The molecule has 0 saturated heterocycles. The lowest BCUT2D eigenvalue weighted by Gasteiger charge is -2.06. The summed E-state index contributed by atoms with van der Waals surface area (Å²) in [6.07, 6.45) is 0. The van der Waals surface area contributed by atoms with Crippen LogP contribution in [0.5, 0.6) is 0 Å². The molecule has 0 amide bonds. The van der Waals surface area contributed by atoms with Gasteiger partial charge in [0.25, 0.3) is 0 Å². The maximum atomic E-state index is 13.6. The zero-order valence-electron chi connectivity index (χ0n) is 9.63. The molecule has 18 heavy (non-hydrogen) atoms. The molecule has 0 radical (unpaired) electrons. The summed E-state index contributed by atoms with van der Waals surface area (Å²) >= 11 is 1.23. The number of carboxylic acid groups (broad SMARTS) is 1. The van der Waals surface area contributed by atoms with Gasteiger partial charge in [0.15, 0.2) is 0 Å². The van der Waals surface area contributed by atoms with Crippen molar-refractivity contribution in [1.29, 1.82) is 0 Å². The highest BCUT2D eigenvalue weighted by Gasteiger charge is 2.17. The van der Waals surface area contributed by atoms with Crippen LogP contribution >= 0.6 is 11.8 Å². The molecule has 1 atom stereocenters. The molecule has 0 heterocycles. The van der Waals surface area contributed by atoms with E-state index in [-0.39, 0.29) is 11.3 Å². The molecule has 1 aromatic rings. The Morgan fingerprint density at radius 2 is 2.28 bits per heavy atom. The number of hydrogen-bond donors (Lipinski definition) is 1. The topological polar surface area (TPSA) is 80.4 Å². The Hall–Kier alpha value is -1.63. The summed E-state index contributed by atoms with van der Waals surface area (Å²) in [5.41, 5.74) is -0.342. The van der Waals surface area contributed by atoms with Gasteiger partial charge >= 0.3 is 11.7 Å². The summed E-state index contributed by atoms with van der Waals surface area (Å²) in [7, 11) is 0. The van der Waals surface area contributed by atoms with Crippen molar-refractivity contribution in [3.63, 3.8) is 0 Å². The van der Waals surface area contributed by atoms with E-state index in [9.17, 15) is 19.3 Å². The number of rotatable bonds is 6. The first-order chi connectivity index (χ1) is 8.43. The van der Waals surface area contributed by atoms with Crippen LogP contribution in [-0.4, -0.2) is 21.8 Å². The van der Waals surface area contributed by atoms with E-state index in [4.69, 9.17) is 5.11 Å². The van der Waals surface area contributed by atoms with Gasteiger partial charge in [-0.25, -0.2) is 0 Å². The number of nitrogens with zero attached hydrogens (tertiary/aromatic N) is 1. The van der Waals surface area contributed by atoms with Crippen LogP contribution in [0.2, 0.25) is 0 Å². The third-order valence-electron chi connectivity index (χ3n) is 2.30. The number of halogens is 1. The third-order valence-corrected chi connectivity index (χ3v) is 3.55. The molecule has 0 aromatic heterocycles. The Kier molecular flexibility index (Phi) is 5.08. The predicted molar refractivity (Wildman–Crippen MR) is 66.0 cm³/mol. The molecule has 0 spiro atoms. The molecule has 0 aliphatic rings. The Morgan fingerprint density at radius 3 is 2.83 bits per heavy atom. The molecule has 0 aliphatic heterocycles. The predicted octanol–water partition coefficient (Wildman–Crippen LogP) is 2.69. The Bertz CT molecular complexity index is 466. The van der Waals surface area contributed by atoms with E-state index in [0.29, 0.717) is 5.75 Å². The molecular weight excluding hydrogens is 261 g/mol. The zero-order valence-corrected chi connectivity index (χ0v) is 10.4. The van der Waals surface area contributed by atoms with Crippen LogP contribution in [0.4, 0.5) is 10.1 Å². The highest BCUT2D eigenvalue weighted by Crippen LogP contribution is 2.24. The molecule has 1 aromatic carbocycles. The summed E-state index contributed by atoms with van der Waals surface area (Å²) in [5.74, 6) is -1.75. The number of thioether (sulfide) groups is 1. The van der Waals surface area contributed by atoms with Crippen molar-refractivity contribution < 1.29 is 19.2 Å². The van der Waals surface area contributed by atoms with Crippen molar-refractivity contribution in [2.45, 2.75) is 12.7 Å². The number of aliphatic carboxylic acids is 1. The van der Waals surface area contributed by atoms with Crippen molar-refractivity contribution in [1.82, 2.24) is 0 Å². The number of carbonyl (C=O) groups is 1. The highest BCUT2D eigenvalue weighted by atomic mass is 32.2. The van der Waals surface area contributed by atoms with Gasteiger partial charge in [0.2, 0.25) is 5.82 Å². The summed E-state index contributed by atoms with van der Waals surface area (Å²) in [6, 6.07) is 3.97. The minimum Gasteiger partial charge on any atom is -0.481 e. The summed E-state index contributed by atoms with van der Waals surface area (Å²) < 4.78 is 13.6. The molecule has 98 valence electrons. The minimum absolute atomic E-state index is 0.213. The van der Waals surface area contributed by atoms with Crippen LogP contribution in [0.25, 0.3) is 0 Å². The van der Waals surface area contributed by atoms with E-state index in [0.717, 1.165) is 6.07 Å². The zero-order chi connectivity index (χ0) is 13.7. The second kappa shape index (κ2) is 6.34. The maximum Gasteiger partial charge on any atom is 0.307 e. The van der Waals surface area contributed by atoms with Gasteiger partial charge in [-0.2, -0.15) is 16.2 Å². The molecule has 0 fully saturated rings. The molecule has 0 aliphatic carbocycles. The van der Waals surface area contributed by atoms with Crippen molar-refractivity contribution in [3.05, 3.63) is 39.7 Å². The molecule has 0 bridgehead atoms. The van der Waals surface area contributed by atoms with Crippen molar-refractivity contribution in [2.24, 2.45) is 5.92 Å². The Labute approximate surface area is 107 Å². The number of nitro groups is 1. The molecule has 0 saturated carbocycles. The maximum absolute atomic E-state index is 13.6. The van der Waals surface area contributed by atoms with E-state index >= 15 is 0 Å². The lowest BCUT2D eigenvalue weighted by molar-refractivity contribution is -0.387. The van der Waals surface area contributed by atoms with Gasteiger partial charge in [0.1, 0.15) is 0 Å². The Balaban J connectivity index is 2.66. The second-order valence-corrected chi connectivity index (χ2v) is 4.79. The van der Waals surface area contributed by atoms with Gasteiger partial charge in [0.05, 0.1) is 10.8 Å². The SMILES string of the molecule is CC(CSCc1cccc([N+](=O)[O-])c1F)C(=O)O. The quantitative estimate of drug-likeness (QED) is 0.636. The van der Waals surface area contributed by atoms with Crippen molar-refractivity contribution in [2.75, 3.05) is 5.75 Å². The van der Waals surface area contributed by atoms with Gasteiger partial charge in [-0.15, -0.1) is 0 Å². The first kappa shape index (κ1) is 14.4. The summed E-state index contributed by atoms with van der Waals surface area (Å²) in [5, 5.41) is 19.2. The monoisotopic (exact) mass is 273 g/mol. The fourth-order valence-electron chi connectivity index (χ4n) is 1.24.